The fraction of sp³-hybridized carbons (Fsp3) is 0.600. The molecule has 0 saturated heterocycles. The highest BCUT2D eigenvalue weighted by Gasteiger charge is 2.25. The van der Waals surface area contributed by atoms with Crippen LogP contribution >= 0.6 is 0 Å². The molecule has 1 saturated carbocycles. The summed E-state index contributed by atoms with van der Waals surface area (Å²) >= 11 is 0. The van der Waals surface area contributed by atoms with Gasteiger partial charge < -0.3 is 10.2 Å². The Balaban J connectivity index is 2.08. The van der Waals surface area contributed by atoms with Gasteiger partial charge in [0, 0.05) is 18.6 Å². The molecule has 1 aromatic rings. The lowest BCUT2D eigenvalue weighted by Crippen LogP contribution is -2.42. The van der Waals surface area contributed by atoms with E-state index in [0.717, 1.165) is 25.1 Å². The summed E-state index contributed by atoms with van der Waals surface area (Å²) in [4.78, 5) is 2.22. The van der Waals surface area contributed by atoms with Gasteiger partial charge in [-0.15, -0.1) is 0 Å². The predicted octanol–water partition coefficient (Wildman–Crippen LogP) is 3.18. The number of benzene rings is 1. The van der Waals surface area contributed by atoms with Crippen molar-refractivity contribution < 1.29 is 4.39 Å². The Bertz CT molecular complexity index is 373. The van der Waals surface area contributed by atoms with Crippen molar-refractivity contribution in [3.63, 3.8) is 0 Å². The van der Waals surface area contributed by atoms with Crippen molar-refractivity contribution in [1.29, 1.82) is 0 Å². The summed E-state index contributed by atoms with van der Waals surface area (Å²) in [5, 5.41) is 3.34. The fourth-order valence-electron chi connectivity index (χ4n) is 2.99. The topological polar surface area (TPSA) is 15.3 Å². The number of hydrogen-bond acceptors (Lipinski definition) is 2. The van der Waals surface area contributed by atoms with Gasteiger partial charge in [0.1, 0.15) is 5.82 Å². The zero-order valence-electron chi connectivity index (χ0n) is 11.3. The second-order valence-electron chi connectivity index (χ2n) is 5.03. The minimum absolute atomic E-state index is 0.102. The van der Waals surface area contributed by atoms with Crippen LogP contribution in [0.3, 0.4) is 0 Å². The second-order valence-corrected chi connectivity index (χ2v) is 5.03. The molecule has 0 radical (unpaired) electrons. The van der Waals surface area contributed by atoms with E-state index in [0.29, 0.717) is 12.1 Å². The van der Waals surface area contributed by atoms with Gasteiger partial charge in [0.05, 0.1) is 5.69 Å². The van der Waals surface area contributed by atoms with E-state index >= 15 is 0 Å². The molecule has 0 amide bonds. The van der Waals surface area contributed by atoms with Crippen LogP contribution in [-0.4, -0.2) is 25.7 Å². The van der Waals surface area contributed by atoms with Crippen LogP contribution in [0.1, 0.15) is 32.6 Å². The van der Waals surface area contributed by atoms with Crippen LogP contribution in [0.2, 0.25) is 0 Å². The molecule has 3 heteroatoms. The minimum Gasteiger partial charge on any atom is -0.366 e. The lowest BCUT2D eigenvalue weighted by molar-refractivity contribution is 0.345. The Morgan fingerprint density at radius 1 is 1.22 bits per heavy atom. The fourth-order valence-corrected chi connectivity index (χ4v) is 2.99. The lowest BCUT2D eigenvalue weighted by Gasteiger charge is -2.38. The number of rotatable bonds is 4. The van der Waals surface area contributed by atoms with Crippen LogP contribution < -0.4 is 10.2 Å². The average Bonchev–Trinajstić information content (AvgIpc) is 2.42. The summed E-state index contributed by atoms with van der Waals surface area (Å²) in [5.41, 5.74) is 0.757. The van der Waals surface area contributed by atoms with E-state index in [4.69, 9.17) is 0 Å². The van der Waals surface area contributed by atoms with E-state index in [9.17, 15) is 4.39 Å². The third-order valence-electron chi connectivity index (χ3n) is 4.05. The van der Waals surface area contributed by atoms with Crippen molar-refractivity contribution in [1.82, 2.24) is 5.32 Å². The Morgan fingerprint density at radius 2 is 1.89 bits per heavy atom. The molecule has 0 spiro atoms. The van der Waals surface area contributed by atoms with E-state index < -0.39 is 0 Å². The third-order valence-corrected chi connectivity index (χ3v) is 4.05. The zero-order valence-corrected chi connectivity index (χ0v) is 11.3. The van der Waals surface area contributed by atoms with Crippen LogP contribution in [0.25, 0.3) is 0 Å². The third kappa shape index (κ3) is 2.83. The largest absolute Gasteiger partial charge is 0.366 e. The van der Waals surface area contributed by atoms with E-state index in [-0.39, 0.29) is 5.82 Å². The number of hydrogen-bond donors (Lipinski definition) is 1. The Hall–Kier alpha value is -1.09. The van der Waals surface area contributed by atoms with Gasteiger partial charge in [-0.05, 0) is 51.8 Å². The number of nitrogens with one attached hydrogen (secondary N) is 1. The van der Waals surface area contributed by atoms with Gasteiger partial charge in [0.25, 0.3) is 0 Å². The highest BCUT2D eigenvalue weighted by molar-refractivity contribution is 5.48. The molecule has 0 aromatic heterocycles. The molecule has 1 aromatic carbocycles. The summed E-state index contributed by atoms with van der Waals surface area (Å²) in [5.74, 6) is -0.102. The normalized spacial score (nSPS) is 23.9. The van der Waals surface area contributed by atoms with Gasteiger partial charge in [-0.3, -0.25) is 0 Å². The SMILES string of the molecule is CCN(c1ccccc1F)C1CCC(NC)CC1. The first kappa shape index (κ1) is 13.3. The van der Waals surface area contributed by atoms with Crippen molar-refractivity contribution in [2.45, 2.75) is 44.7 Å². The number of nitrogens with zero attached hydrogens (tertiary/aromatic N) is 1. The van der Waals surface area contributed by atoms with Crippen molar-refractivity contribution in [2.75, 3.05) is 18.5 Å². The molecule has 18 heavy (non-hydrogen) atoms. The van der Waals surface area contributed by atoms with E-state index in [1.807, 2.05) is 19.2 Å². The summed E-state index contributed by atoms with van der Waals surface area (Å²) in [6.07, 6.45) is 4.67. The molecule has 0 heterocycles. The predicted molar refractivity (Wildman–Crippen MR) is 74.5 cm³/mol. The molecule has 0 atom stereocenters. The molecule has 1 fully saturated rings. The van der Waals surface area contributed by atoms with Crippen LogP contribution in [-0.2, 0) is 0 Å². The molecule has 1 aliphatic carbocycles. The summed E-state index contributed by atoms with van der Waals surface area (Å²) in [6.45, 7) is 2.98. The van der Waals surface area contributed by atoms with Crippen molar-refractivity contribution in [3.8, 4) is 0 Å². The monoisotopic (exact) mass is 250 g/mol. The summed E-state index contributed by atoms with van der Waals surface area (Å²) in [7, 11) is 2.03. The Labute approximate surface area is 109 Å². The molecule has 0 aliphatic heterocycles. The summed E-state index contributed by atoms with van der Waals surface area (Å²) in [6, 6.07) is 8.24. The second kappa shape index (κ2) is 6.19. The van der Waals surface area contributed by atoms with Crippen LogP contribution in [0.5, 0.6) is 0 Å². The van der Waals surface area contributed by atoms with Crippen LogP contribution in [0.15, 0.2) is 24.3 Å². The molecule has 0 bridgehead atoms. The molecule has 100 valence electrons. The number of para-hydroxylation sites is 1. The molecule has 1 N–H and O–H groups in total. The average molecular weight is 250 g/mol. The summed E-state index contributed by atoms with van der Waals surface area (Å²) < 4.78 is 13.9. The van der Waals surface area contributed by atoms with E-state index in [2.05, 4.69) is 17.1 Å². The van der Waals surface area contributed by atoms with Crippen molar-refractivity contribution >= 4 is 5.69 Å². The maximum Gasteiger partial charge on any atom is 0.146 e. The number of anilines is 1. The molecule has 2 nitrogen and oxygen atoms in total. The van der Waals surface area contributed by atoms with Crippen LogP contribution in [0, 0.1) is 5.82 Å². The molecular weight excluding hydrogens is 227 g/mol. The molecule has 1 aliphatic rings. The number of halogens is 1. The van der Waals surface area contributed by atoms with Crippen molar-refractivity contribution in [3.05, 3.63) is 30.1 Å². The van der Waals surface area contributed by atoms with Gasteiger partial charge in [-0.25, -0.2) is 4.39 Å². The highest BCUT2D eigenvalue weighted by atomic mass is 19.1. The zero-order chi connectivity index (χ0) is 13.0. The van der Waals surface area contributed by atoms with Gasteiger partial charge in [0.2, 0.25) is 0 Å². The smallest absolute Gasteiger partial charge is 0.146 e. The standard InChI is InChI=1S/C15H23FN2/c1-3-18(15-7-5-4-6-14(15)16)13-10-8-12(17-2)9-11-13/h4-7,12-13,17H,3,8-11H2,1-2H3. The van der Waals surface area contributed by atoms with E-state index in [1.165, 1.54) is 12.8 Å². The van der Waals surface area contributed by atoms with Crippen molar-refractivity contribution in [2.24, 2.45) is 0 Å². The van der Waals surface area contributed by atoms with Gasteiger partial charge in [-0.2, -0.15) is 0 Å². The van der Waals surface area contributed by atoms with Crippen LogP contribution in [0.4, 0.5) is 10.1 Å². The van der Waals surface area contributed by atoms with Gasteiger partial charge in [0.15, 0.2) is 0 Å². The Kier molecular flexibility index (Phi) is 4.59. The first-order chi connectivity index (χ1) is 8.76. The lowest BCUT2D eigenvalue weighted by atomic mass is 9.90. The van der Waals surface area contributed by atoms with Gasteiger partial charge >= 0.3 is 0 Å². The first-order valence-electron chi connectivity index (χ1n) is 6.94. The molecule has 0 unspecified atom stereocenters. The Morgan fingerprint density at radius 3 is 2.44 bits per heavy atom. The minimum atomic E-state index is -0.102. The first-order valence-corrected chi connectivity index (χ1v) is 6.94. The molecular formula is C15H23FN2. The maximum atomic E-state index is 13.9. The van der Waals surface area contributed by atoms with Gasteiger partial charge in [-0.1, -0.05) is 12.1 Å². The highest BCUT2D eigenvalue weighted by Crippen LogP contribution is 2.28. The quantitative estimate of drug-likeness (QED) is 0.883. The van der Waals surface area contributed by atoms with E-state index in [1.54, 1.807) is 12.1 Å². The molecule has 2 rings (SSSR count). The maximum absolute atomic E-state index is 13.9.